The van der Waals surface area contributed by atoms with E-state index < -0.39 is 50.9 Å². The third kappa shape index (κ3) is 2.07. The fourth-order valence-corrected chi connectivity index (χ4v) is 2.73. The molecule has 0 amide bonds. The van der Waals surface area contributed by atoms with Gasteiger partial charge in [-0.25, -0.2) is 17.6 Å². The van der Waals surface area contributed by atoms with Crippen LogP contribution in [0.4, 0.5) is 17.6 Å². The maximum absolute atomic E-state index is 14.0. The van der Waals surface area contributed by atoms with Crippen molar-refractivity contribution in [2.75, 3.05) is 13.7 Å². The van der Waals surface area contributed by atoms with E-state index in [-0.39, 0.29) is 0 Å². The molecule has 0 aromatic carbocycles. The quantitative estimate of drug-likeness (QED) is 0.641. The van der Waals surface area contributed by atoms with E-state index in [0.717, 1.165) is 14.0 Å². The van der Waals surface area contributed by atoms with Gasteiger partial charge in [0.1, 0.15) is 12.0 Å². The first-order valence-electron chi connectivity index (χ1n) is 5.25. The predicted molar refractivity (Wildman–Crippen MR) is 59.0 cm³/mol. The Morgan fingerprint density at radius 2 is 1.68 bits per heavy atom. The van der Waals surface area contributed by atoms with Crippen LogP contribution in [-0.4, -0.2) is 43.8 Å². The van der Waals surface area contributed by atoms with Crippen LogP contribution in [0.1, 0.15) is 13.8 Å². The minimum atomic E-state index is -5.38. The number of alkyl halides is 2. The number of hydrogen-bond donors (Lipinski definition) is 1. The van der Waals surface area contributed by atoms with Crippen molar-refractivity contribution in [2.24, 2.45) is 5.41 Å². The smallest absolute Gasteiger partial charge is 0.280 e. The molecule has 112 valence electrons. The first kappa shape index (κ1) is 16.4. The molecule has 0 aromatic rings. The van der Waals surface area contributed by atoms with Crippen LogP contribution in [0.3, 0.4) is 0 Å². The monoisotopic (exact) mass is 306 g/mol. The average Bonchev–Trinajstić information content (AvgIpc) is 2.31. The Morgan fingerprint density at radius 1 is 1.21 bits per heavy atom. The van der Waals surface area contributed by atoms with Gasteiger partial charge in [0.2, 0.25) is 0 Å². The molecule has 0 saturated carbocycles. The van der Waals surface area contributed by atoms with Crippen molar-refractivity contribution in [1.29, 1.82) is 0 Å². The Labute approximate surface area is 108 Å². The van der Waals surface area contributed by atoms with Gasteiger partial charge in [0.25, 0.3) is 10.1 Å². The van der Waals surface area contributed by atoms with Crippen LogP contribution in [0.25, 0.3) is 0 Å². The van der Waals surface area contributed by atoms with Crippen LogP contribution < -0.4 is 0 Å². The minimum Gasteiger partial charge on any atom is -0.384 e. The van der Waals surface area contributed by atoms with E-state index in [1.54, 1.807) is 0 Å². The van der Waals surface area contributed by atoms with Gasteiger partial charge in [0, 0.05) is 7.11 Å². The van der Waals surface area contributed by atoms with E-state index >= 15 is 0 Å². The maximum Gasteiger partial charge on any atom is 0.280 e. The Balaban J connectivity index is 3.59. The summed E-state index contributed by atoms with van der Waals surface area (Å²) in [4.78, 5) is 0. The molecular weight excluding hydrogens is 292 g/mol. The number of ether oxygens (including phenoxy) is 1. The SMILES string of the molecule is COCC1(C)C(F)=C(F)C(C)(S(=O)(=O)O)C(F)[C@@H]1F. The molecule has 0 heterocycles. The molecule has 4 nitrogen and oxygen atoms in total. The average molecular weight is 306 g/mol. The molecule has 1 aliphatic carbocycles. The predicted octanol–water partition coefficient (Wildman–Crippen LogP) is 2.13. The van der Waals surface area contributed by atoms with Crippen LogP contribution in [0.15, 0.2) is 11.7 Å². The van der Waals surface area contributed by atoms with Gasteiger partial charge in [-0.05, 0) is 13.8 Å². The summed E-state index contributed by atoms with van der Waals surface area (Å²) in [6.07, 6.45) is -5.67. The summed E-state index contributed by atoms with van der Waals surface area (Å²) in [5.41, 5.74) is -2.29. The van der Waals surface area contributed by atoms with E-state index in [2.05, 4.69) is 4.74 Å². The van der Waals surface area contributed by atoms with Crippen molar-refractivity contribution in [3.63, 3.8) is 0 Å². The second-order valence-corrected chi connectivity index (χ2v) is 6.66. The molecule has 19 heavy (non-hydrogen) atoms. The molecule has 1 N–H and O–H groups in total. The van der Waals surface area contributed by atoms with Gasteiger partial charge in [-0.3, -0.25) is 4.55 Å². The Kier molecular flexibility index (Phi) is 4.06. The molecule has 0 aliphatic heterocycles. The highest BCUT2D eigenvalue weighted by atomic mass is 32.2. The van der Waals surface area contributed by atoms with Gasteiger partial charge in [0.05, 0.1) is 12.0 Å². The second kappa shape index (κ2) is 4.71. The van der Waals surface area contributed by atoms with Gasteiger partial charge >= 0.3 is 0 Å². The van der Waals surface area contributed by atoms with Crippen LogP contribution in [0, 0.1) is 5.41 Å². The zero-order valence-electron chi connectivity index (χ0n) is 10.5. The molecule has 9 heteroatoms. The highest BCUT2D eigenvalue weighted by molar-refractivity contribution is 7.87. The lowest BCUT2D eigenvalue weighted by atomic mass is 9.73. The molecule has 0 bridgehead atoms. The van der Waals surface area contributed by atoms with E-state index in [1.165, 1.54) is 0 Å². The molecule has 0 saturated heterocycles. The van der Waals surface area contributed by atoms with Crippen LogP contribution in [0.2, 0.25) is 0 Å². The Morgan fingerprint density at radius 3 is 2.05 bits per heavy atom. The van der Waals surface area contributed by atoms with E-state index in [1.807, 2.05) is 0 Å². The first-order valence-corrected chi connectivity index (χ1v) is 6.69. The standard InChI is InChI=1S/C10H14F4O4S/c1-9(4-18-3)5(11)7(13)10(2,19(15,16)17)8(14)6(9)12/h5,7H,4H2,1-3H3,(H,15,16,17)/t5-,7?,9?,10?/m0/s1. The fraction of sp³-hybridized carbons (Fsp3) is 0.800. The van der Waals surface area contributed by atoms with E-state index in [4.69, 9.17) is 4.55 Å². The molecule has 0 radical (unpaired) electrons. The van der Waals surface area contributed by atoms with E-state index in [9.17, 15) is 26.0 Å². The lowest BCUT2D eigenvalue weighted by molar-refractivity contribution is -0.0298. The van der Waals surface area contributed by atoms with Crippen LogP contribution in [-0.2, 0) is 14.9 Å². The summed E-state index contributed by atoms with van der Waals surface area (Å²) in [5.74, 6) is -3.83. The van der Waals surface area contributed by atoms with Gasteiger partial charge in [0.15, 0.2) is 16.7 Å². The molecular formula is C10H14F4O4S. The molecule has 1 aliphatic rings. The largest absolute Gasteiger partial charge is 0.384 e. The summed E-state index contributed by atoms with van der Waals surface area (Å²) in [5, 5.41) is 0. The Hall–Kier alpha value is -0.670. The van der Waals surface area contributed by atoms with Crippen molar-refractivity contribution < 1.29 is 35.3 Å². The molecule has 0 aromatic heterocycles. The lowest BCUT2D eigenvalue weighted by Gasteiger charge is -2.43. The summed E-state index contributed by atoms with van der Waals surface area (Å²) < 4.78 is 87.9. The number of rotatable bonds is 3. The van der Waals surface area contributed by atoms with Crippen molar-refractivity contribution in [3.8, 4) is 0 Å². The van der Waals surface area contributed by atoms with Crippen molar-refractivity contribution >= 4 is 10.1 Å². The highest BCUT2D eigenvalue weighted by Crippen LogP contribution is 2.51. The van der Waals surface area contributed by atoms with Crippen molar-refractivity contribution in [2.45, 2.75) is 30.9 Å². The molecule has 0 fully saturated rings. The van der Waals surface area contributed by atoms with Gasteiger partial charge in [-0.2, -0.15) is 8.42 Å². The third-order valence-electron chi connectivity index (χ3n) is 3.50. The molecule has 3 unspecified atom stereocenters. The number of halogens is 4. The van der Waals surface area contributed by atoms with Gasteiger partial charge in [-0.15, -0.1) is 0 Å². The van der Waals surface area contributed by atoms with Crippen LogP contribution >= 0.6 is 0 Å². The molecule has 4 atom stereocenters. The minimum absolute atomic E-state index is 0.390. The zero-order chi connectivity index (χ0) is 15.2. The normalized spacial score (nSPS) is 40.6. The maximum atomic E-state index is 14.0. The summed E-state index contributed by atoms with van der Waals surface area (Å²) in [6.45, 7) is 0.572. The lowest BCUT2D eigenvalue weighted by Crippen LogP contribution is -2.58. The summed E-state index contributed by atoms with van der Waals surface area (Å²) in [6, 6.07) is 0. The van der Waals surface area contributed by atoms with Crippen molar-refractivity contribution in [3.05, 3.63) is 11.7 Å². The number of hydrogen-bond acceptors (Lipinski definition) is 3. The van der Waals surface area contributed by atoms with E-state index in [0.29, 0.717) is 6.92 Å². The molecule has 0 spiro atoms. The summed E-state index contributed by atoms with van der Waals surface area (Å²) in [7, 11) is -4.31. The fourth-order valence-electron chi connectivity index (χ4n) is 2.01. The second-order valence-electron chi connectivity index (χ2n) is 4.86. The first-order chi connectivity index (χ1) is 8.44. The van der Waals surface area contributed by atoms with Crippen molar-refractivity contribution in [1.82, 2.24) is 0 Å². The number of methoxy groups -OCH3 is 1. The molecule has 1 rings (SSSR count). The zero-order valence-corrected chi connectivity index (χ0v) is 11.3. The summed E-state index contributed by atoms with van der Waals surface area (Å²) >= 11 is 0. The van der Waals surface area contributed by atoms with Gasteiger partial charge < -0.3 is 4.74 Å². The van der Waals surface area contributed by atoms with Crippen LogP contribution in [0.5, 0.6) is 0 Å². The Bertz CT molecular complexity index is 506. The topological polar surface area (TPSA) is 63.6 Å². The van der Waals surface area contributed by atoms with Gasteiger partial charge in [-0.1, -0.05) is 0 Å². The third-order valence-corrected chi connectivity index (χ3v) is 4.98. The highest BCUT2D eigenvalue weighted by Gasteiger charge is 2.64.